The fraction of sp³-hybridized carbons (Fsp3) is 0.500. The van der Waals surface area contributed by atoms with Gasteiger partial charge in [-0.3, -0.25) is 0 Å². The van der Waals surface area contributed by atoms with Crippen LogP contribution in [-0.4, -0.2) is 18.5 Å². The molecule has 0 saturated carbocycles. The van der Waals surface area contributed by atoms with E-state index in [1.165, 1.54) is 6.07 Å². The maximum atomic E-state index is 13.4. The van der Waals surface area contributed by atoms with Gasteiger partial charge in [-0.25, -0.2) is 4.39 Å². The molecule has 0 amide bonds. The molecule has 0 aliphatic carbocycles. The number of halogens is 1. The Kier molecular flexibility index (Phi) is 5.11. The first-order chi connectivity index (χ1) is 8.04. The maximum Gasteiger partial charge on any atom is 0.127 e. The first kappa shape index (κ1) is 13.7. The van der Waals surface area contributed by atoms with E-state index < -0.39 is 0 Å². The third kappa shape index (κ3) is 4.16. The van der Waals surface area contributed by atoms with Gasteiger partial charge in [0.25, 0.3) is 0 Å². The molecule has 1 atom stereocenters. The van der Waals surface area contributed by atoms with Gasteiger partial charge in [0.15, 0.2) is 0 Å². The Labute approximate surface area is 103 Å². The minimum Gasteiger partial charge on any atom is -0.301 e. The predicted octanol–water partition coefficient (Wildman–Crippen LogP) is 3.05. The molecule has 0 heterocycles. The van der Waals surface area contributed by atoms with Gasteiger partial charge in [0, 0.05) is 18.7 Å². The van der Waals surface area contributed by atoms with Crippen molar-refractivity contribution in [3.8, 4) is 6.07 Å². The van der Waals surface area contributed by atoms with E-state index in [1.807, 2.05) is 31.9 Å². The number of hydrogen-bond donors (Lipinski definition) is 0. The zero-order valence-corrected chi connectivity index (χ0v) is 10.7. The molecular formula is C14H19FN2. The summed E-state index contributed by atoms with van der Waals surface area (Å²) in [6.45, 7) is 5.27. The average molecular weight is 234 g/mol. The van der Waals surface area contributed by atoms with E-state index in [4.69, 9.17) is 5.26 Å². The fourth-order valence-electron chi connectivity index (χ4n) is 1.72. The normalized spacial score (nSPS) is 12.8. The van der Waals surface area contributed by atoms with Crippen LogP contribution in [0.1, 0.15) is 19.4 Å². The molecule has 0 saturated heterocycles. The van der Waals surface area contributed by atoms with Crippen LogP contribution in [0, 0.1) is 29.0 Å². The zero-order valence-electron chi connectivity index (χ0n) is 10.7. The second-order valence-corrected chi connectivity index (χ2v) is 4.77. The number of rotatable bonds is 5. The van der Waals surface area contributed by atoms with Crippen LogP contribution in [0.5, 0.6) is 0 Å². The number of hydrogen-bond acceptors (Lipinski definition) is 2. The van der Waals surface area contributed by atoms with Crippen LogP contribution in [0.4, 0.5) is 4.39 Å². The number of nitrogens with zero attached hydrogens (tertiary/aromatic N) is 2. The van der Waals surface area contributed by atoms with E-state index in [1.54, 1.807) is 12.1 Å². The number of benzene rings is 1. The second kappa shape index (κ2) is 6.36. The van der Waals surface area contributed by atoms with Crippen LogP contribution in [0.3, 0.4) is 0 Å². The summed E-state index contributed by atoms with van der Waals surface area (Å²) >= 11 is 0. The third-order valence-corrected chi connectivity index (χ3v) is 2.88. The summed E-state index contributed by atoms with van der Waals surface area (Å²) in [5.74, 6) is 0.132. The summed E-state index contributed by atoms with van der Waals surface area (Å²) in [6, 6.07) is 9.06. The minimum atomic E-state index is -0.183. The van der Waals surface area contributed by atoms with Crippen molar-refractivity contribution < 1.29 is 4.39 Å². The second-order valence-electron chi connectivity index (χ2n) is 4.77. The van der Waals surface area contributed by atoms with Crippen LogP contribution >= 0.6 is 0 Å². The molecule has 0 spiro atoms. The molecule has 3 heteroatoms. The van der Waals surface area contributed by atoms with Crippen molar-refractivity contribution in [1.29, 1.82) is 5.26 Å². The molecule has 1 unspecified atom stereocenters. The van der Waals surface area contributed by atoms with Crippen molar-refractivity contribution in [2.75, 3.05) is 13.6 Å². The Balaban J connectivity index is 2.59. The molecule has 2 nitrogen and oxygen atoms in total. The van der Waals surface area contributed by atoms with Crippen molar-refractivity contribution in [3.63, 3.8) is 0 Å². The summed E-state index contributed by atoms with van der Waals surface area (Å²) in [5, 5.41) is 9.02. The Hall–Kier alpha value is -1.40. The van der Waals surface area contributed by atoms with E-state index in [-0.39, 0.29) is 11.7 Å². The van der Waals surface area contributed by atoms with Gasteiger partial charge in [0.2, 0.25) is 0 Å². The van der Waals surface area contributed by atoms with Crippen molar-refractivity contribution in [2.45, 2.75) is 20.4 Å². The highest BCUT2D eigenvalue weighted by molar-refractivity contribution is 5.17. The lowest BCUT2D eigenvalue weighted by atomic mass is 9.97. The molecule has 1 rings (SSSR count). The van der Waals surface area contributed by atoms with Crippen molar-refractivity contribution in [2.24, 2.45) is 11.8 Å². The molecule has 1 aromatic rings. The maximum absolute atomic E-state index is 13.4. The Morgan fingerprint density at radius 1 is 1.35 bits per heavy atom. The lowest BCUT2D eigenvalue weighted by molar-refractivity contribution is 0.262. The standard InChI is InChI=1S/C14H19FN2/c1-11(2)13(8-16)10-17(3)9-12-6-4-5-7-14(12)15/h4-7,11,13H,9-10H2,1-3H3. The predicted molar refractivity (Wildman–Crippen MR) is 66.7 cm³/mol. The van der Waals surface area contributed by atoms with Crippen LogP contribution in [0.15, 0.2) is 24.3 Å². The third-order valence-electron chi connectivity index (χ3n) is 2.88. The topological polar surface area (TPSA) is 27.0 Å². The lowest BCUT2D eigenvalue weighted by Crippen LogP contribution is -2.27. The Bertz CT molecular complexity index is 395. The summed E-state index contributed by atoms with van der Waals surface area (Å²) < 4.78 is 13.4. The molecule has 0 aromatic heterocycles. The highest BCUT2D eigenvalue weighted by Crippen LogP contribution is 2.14. The molecule has 0 fully saturated rings. The molecule has 0 aliphatic rings. The smallest absolute Gasteiger partial charge is 0.127 e. The van der Waals surface area contributed by atoms with Crippen LogP contribution in [0.25, 0.3) is 0 Å². The van der Waals surface area contributed by atoms with Gasteiger partial charge in [0.1, 0.15) is 5.82 Å². The van der Waals surface area contributed by atoms with Crippen LogP contribution < -0.4 is 0 Å². The fourth-order valence-corrected chi connectivity index (χ4v) is 1.72. The van der Waals surface area contributed by atoms with E-state index >= 15 is 0 Å². The van der Waals surface area contributed by atoms with E-state index in [2.05, 4.69) is 6.07 Å². The Morgan fingerprint density at radius 2 is 2.00 bits per heavy atom. The highest BCUT2D eigenvalue weighted by Gasteiger charge is 2.15. The quantitative estimate of drug-likeness (QED) is 0.783. The molecule has 0 bridgehead atoms. The highest BCUT2D eigenvalue weighted by atomic mass is 19.1. The molecule has 0 N–H and O–H groups in total. The van der Waals surface area contributed by atoms with Crippen LogP contribution in [-0.2, 0) is 6.54 Å². The van der Waals surface area contributed by atoms with Gasteiger partial charge in [-0.05, 0) is 19.0 Å². The lowest BCUT2D eigenvalue weighted by Gasteiger charge is -2.22. The molecule has 1 aromatic carbocycles. The first-order valence-corrected chi connectivity index (χ1v) is 5.86. The van der Waals surface area contributed by atoms with Gasteiger partial charge in [-0.1, -0.05) is 32.0 Å². The van der Waals surface area contributed by atoms with Crippen molar-refractivity contribution in [3.05, 3.63) is 35.6 Å². The molecule has 0 radical (unpaired) electrons. The average Bonchev–Trinajstić information content (AvgIpc) is 2.28. The van der Waals surface area contributed by atoms with Crippen molar-refractivity contribution in [1.82, 2.24) is 4.90 Å². The first-order valence-electron chi connectivity index (χ1n) is 5.86. The minimum absolute atomic E-state index is 0.00762. The van der Waals surface area contributed by atoms with E-state index in [0.717, 1.165) is 0 Å². The molecular weight excluding hydrogens is 215 g/mol. The molecule has 92 valence electrons. The monoisotopic (exact) mass is 234 g/mol. The van der Waals surface area contributed by atoms with Gasteiger partial charge in [-0.15, -0.1) is 0 Å². The Morgan fingerprint density at radius 3 is 2.53 bits per heavy atom. The van der Waals surface area contributed by atoms with Gasteiger partial charge in [-0.2, -0.15) is 5.26 Å². The number of nitriles is 1. The van der Waals surface area contributed by atoms with E-state index in [0.29, 0.717) is 24.6 Å². The molecule has 17 heavy (non-hydrogen) atoms. The summed E-state index contributed by atoms with van der Waals surface area (Å²) in [7, 11) is 1.92. The van der Waals surface area contributed by atoms with E-state index in [9.17, 15) is 4.39 Å². The molecule has 0 aliphatic heterocycles. The van der Waals surface area contributed by atoms with Gasteiger partial charge >= 0.3 is 0 Å². The largest absolute Gasteiger partial charge is 0.301 e. The SMILES string of the molecule is CC(C)C(C#N)CN(C)Cc1ccccc1F. The van der Waals surface area contributed by atoms with Gasteiger partial charge in [0.05, 0.1) is 12.0 Å². The van der Waals surface area contributed by atoms with Crippen molar-refractivity contribution >= 4 is 0 Å². The summed E-state index contributed by atoms with van der Waals surface area (Å²) in [6.07, 6.45) is 0. The summed E-state index contributed by atoms with van der Waals surface area (Å²) in [4.78, 5) is 1.99. The van der Waals surface area contributed by atoms with Crippen LogP contribution in [0.2, 0.25) is 0 Å². The zero-order chi connectivity index (χ0) is 12.8. The van der Waals surface area contributed by atoms with Gasteiger partial charge < -0.3 is 4.90 Å². The summed E-state index contributed by atoms with van der Waals surface area (Å²) in [5.41, 5.74) is 0.676.